The molecule has 3 nitrogen and oxygen atoms in total. The average Bonchev–Trinajstić information content (AvgIpc) is 3.06. The van der Waals surface area contributed by atoms with E-state index in [1.807, 2.05) is 0 Å². The fraction of sp³-hybridized carbons (Fsp3) is 1.00. The Bertz CT molecular complexity index is 169. The van der Waals surface area contributed by atoms with Gasteiger partial charge in [0.15, 0.2) is 0 Å². The van der Waals surface area contributed by atoms with E-state index in [4.69, 9.17) is 9.47 Å². The van der Waals surface area contributed by atoms with Crippen molar-refractivity contribution in [3.8, 4) is 0 Å². The normalized spacial score (nSPS) is 17.6. The van der Waals surface area contributed by atoms with Crippen molar-refractivity contribution in [2.75, 3.05) is 40.0 Å². The molecule has 1 aliphatic rings. The number of hydrogen-bond donors (Lipinski definition) is 1. The van der Waals surface area contributed by atoms with Crippen molar-refractivity contribution in [1.82, 2.24) is 5.32 Å². The van der Waals surface area contributed by atoms with E-state index in [0.29, 0.717) is 5.41 Å². The second-order valence-electron chi connectivity index (χ2n) is 4.89. The van der Waals surface area contributed by atoms with Crippen LogP contribution in [0.4, 0.5) is 0 Å². The van der Waals surface area contributed by atoms with Crippen molar-refractivity contribution >= 4 is 0 Å². The monoisotopic (exact) mass is 229 g/mol. The number of rotatable bonds is 11. The molecule has 0 aromatic rings. The Hall–Kier alpha value is -0.120. The van der Waals surface area contributed by atoms with E-state index >= 15 is 0 Å². The van der Waals surface area contributed by atoms with Gasteiger partial charge in [0.2, 0.25) is 0 Å². The topological polar surface area (TPSA) is 30.5 Å². The van der Waals surface area contributed by atoms with Gasteiger partial charge < -0.3 is 14.8 Å². The van der Waals surface area contributed by atoms with Crippen LogP contribution >= 0.6 is 0 Å². The largest absolute Gasteiger partial charge is 0.385 e. The van der Waals surface area contributed by atoms with Crippen molar-refractivity contribution < 1.29 is 9.47 Å². The van der Waals surface area contributed by atoms with Gasteiger partial charge in [-0.3, -0.25) is 0 Å². The smallest absolute Gasteiger partial charge is 0.0590 e. The highest BCUT2D eigenvalue weighted by atomic mass is 16.5. The first-order chi connectivity index (χ1) is 7.83. The summed E-state index contributed by atoms with van der Waals surface area (Å²) in [5.74, 6) is 0. The average molecular weight is 229 g/mol. The maximum Gasteiger partial charge on any atom is 0.0590 e. The third-order valence-electron chi connectivity index (χ3n) is 3.36. The molecule has 1 aliphatic carbocycles. The number of nitrogens with one attached hydrogen (secondary N) is 1. The molecule has 0 unspecified atom stereocenters. The molecule has 16 heavy (non-hydrogen) atoms. The van der Waals surface area contributed by atoms with Gasteiger partial charge in [-0.2, -0.15) is 0 Å². The molecule has 0 heterocycles. The molecule has 0 bridgehead atoms. The molecular formula is C13H27NO2. The number of hydrogen-bond acceptors (Lipinski definition) is 3. The van der Waals surface area contributed by atoms with Crippen molar-refractivity contribution in [2.45, 2.75) is 39.0 Å². The first-order valence-corrected chi connectivity index (χ1v) is 6.60. The highest BCUT2D eigenvalue weighted by molar-refractivity contribution is 4.94. The molecule has 1 saturated carbocycles. The van der Waals surface area contributed by atoms with E-state index in [9.17, 15) is 0 Å². The van der Waals surface area contributed by atoms with Gasteiger partial charge in [-0.05, 0) is 31.1 Å². The summed E-state index contributed by atoms with van der Waals surface area (Å²) >= 11 is 0. The van der Waals surface area contributed by atoms with Gasteiger partial charge in [0.25, 0.3) is 0 Å². The molecule has 0 amide bonds. The van der Waals surface area contributed by atoms with Gasteiger partial charge in [-0.15, -0.1) is 0 Å². The summed E-state index contributed by atoms with van der Waals surface area (Å²) < 4.78 is 10.6. The van der Waals surface area contributed by atoms with E-state index < -0.39 is 0 Å². The van der Waals surface area contributed by atoms with Crippen LogP contribution < -0.4 is 5.32 Å². The summed E-state index contributed by atoms with van der Waals surface area (Å²) in [4.78, 5) is 0. The van der Waals surface area contributed by atoms with Gasteiger partial charge in [-0.25, -0.2) is 0 Å². The minimum absolute atomic E-state index is 0.555. The molecular weight excluding hydrogens is 202 g/mol. The van der Waals surface area contributed by atoms with Crippen LogP contribution in [0.1, 0.15) is 39.0 Å². The minimum Gasteiger partial charge on any atom is -0.385 e. The number of methoxy groups -OCH3 is 1. The second kappa shape index (κ2) is 8.04. The Balaban J connectivity index is 1.87. The molecule has 1 fully saturated rings. The standard InChI is InChI=1S/C13H27NO2/c1-3-4-9-16-11-8-14-12-13(5-6-13)7-10-15-2/h14H,3-12H2,1-2H3. The van der Waals surface area contributed by atoms with E-state index in [1.165, 1.54) is 32.1 Å². The molecule has 0 aromatic carbocycles. The molecule has 3 heteroatoms. The van der Waals surface area contributed by atoms with Crippen molar-refractivity contribution in [2.24, 2.45) is 5.41 Å². The summed E-state index contributed by atoms with van der Waals surface area (Å²) in [6, 6.07) is 0. The fourth-order valence-corrected chi connectivity index (χ4v) is 1.86. The Morgan fingerprint density at radius 2 is 2.00 bits per heavy atom. The van der Waals surface area contributed by atoms with Crippen LogP contribution in [0.15, 0.2) is 0 Å². The summed E-state index contributed by atoms with van der Waals surface area (Å²) in [7, 11) is 1.78. The maximum atomic E-state index is 5.50. The van der Waals surface area contributed by atoms with E-state index in [2.05, 4.69) is 12.2 Å². The van der Waals surface area contributed by atoms with E-state index in [-0.39, 0.29) is 0 Å². The van der Waals surface area contributed by atoms with Crippen LogP contribution in [0.3, 0.4) is 0 Å². The number of ether oxygens (including phenoxy) is 2. The van der Waals surface area contributed by atoms with Crippen LogP contribution in [-0.4, -0.2) is 40.0 Å². The zero-order chi connectivity index (χ0) is 11.7. The van der Waals surface area contributed by atoms with Gasteiger partial charge in [0.1, 0.15) is 0 Å². The van der Waals surface area contributed by atoms with Gasteiger partial charge in [0, 0.05) is 33.4 Å². The summed E-state index contributed by atoms with van der Waals surface area (Å²) in [5, 5.41) is 3.49. The van der Waals surface area contributed by atoms with Crippen LogP contribution in [0, 0.1) is 5.41 Å². The van der Waals surface area contributed by atoms with Crippen LogP contribution in [0.2, 0.25) is 0 Å². The third-order valence-corrected chi connectivity index (χ3v) is 3.36. The van der Waals surface area contributed by atoms with Crippen molar-refractivity contribution in [3.05, 3.63) is 0 Å². The number of unbranched alkanes of at least 4 members (excludes halogenated alkanes) is 1. The quantitative estimate of drug-likeness (QED) is 0.551. The Labute approximate surface area is 99.9 Å². The zero-order valence-electron chi connectivity index (χ0n) is 10.9. The van der Waals surface area contributed by atoms with Crippen molar-refractivity contribution in [1.29, 1.82) is 0 Å². The van der Waals surface area contributed by atoms with Crippen molar-refractivity contribution in [3.63, 3.8) is 0 Å². The molecule has 0 spiro atoms. The highest BCUT2D eigenvalue weighted by Crippen LogP contribution is 2.48. The summed E-state index contributed by atoms with van der Waals surface area (Å²) in [6.45, 7) is 6.96. The molecule has 0 saturated heterocycles. The molecule has 1 N–H and O–H groups in total. The Morgan fingerprint density at radius 3 is 2.62 bits per heavy atom. The molecule has 0 aliphatic heterocycles. The van der Waals surface area contributed by atoms with E-state index in [1.54, 1.807) is 7.11 Å². The predicted octanol–water partition coefficient (Wildman–Crippen LogP) is 2.21. The minimum atomic E-state index is 0.555. The fourth-order valence-electron chi connectivity index (χ4n) is 1.86. The molecule has 0 atom stereocenters. The van der Waals surface area contributed by atoms with Crippen LogP contribution in [0.25, 0.3) is 0 Å². The van der Waals surface area contributed by atoms with Gasteiger partial charge in [0.05, 0.1) is 6.61 Å². The Kier molecular flexibility index (Phi) is 7.01. The van der Waals surface area contributed by atoms with Gasteiger partial charge in [-0.1, -0.05) is 13.3 Å². The van der Waals surface area contributed by atoms with Crippen LogP contribution in [0.5, 0.6) is 0 Å². The lowest BCUT2D eigenvalue weighted by Gasteiger charge is -2.15. The molecule has 96 valence electrons. The lowest BCUT2D eigenvalue weighted by molar-refractivity contribution is 0.130. The summed E-state index contributed by atoms with van der Waals surface area (Å²) in [5.41, 5.74) is 0.555. The summed E-state index contributed by atoms with van der Waals surface area (Å²) in [6.07, 6.45) is 6.32. The first kappa shape index (κ1) is 13.9. The first-order valence-electron chi connectivity index (χ1n) is 6.60. The predicted molar refractivity (Wildman–Crippen MR) is 66.8 cm³/mol. The molecule has 0 radical (unpaired) electrons. The van der Waals surface area contributed by atoms with E-state index in [0.717, 1.165) is 32.9 Å². The zero-order valence-corrected chi connectivity index (χ0v) is 10.9. The Morgan fingerprint density at radius 1 is 1.19 bits per heavy atom. The SMILES string of the molecule is CCCCOCCNCC1(CCOC)CC1. The van der Waals surface area contributed by atoms with Gasteiger partial charge >= 0.3 is 0 Å². The maximum absolute atomic E-state index is 5.50. The second-order valence-corrected chi connectivity index (χ2v) is 4.89. The highest BCUT2D eigenvalue weighted by Gasteiger charge is 2.41. The molecule has 0 aromatic heterocycles. The molecule has 1 rings (SSSR count). The lowest BCUT2D eigenvalue weighted by atomic mass is 10.0. The third kappa shape index (κ3) is 5.83. The lowest BCUT2D eigenvalue weighted by Crippen LogP contribution is -2.28. The van der Waals surface area contributed by atoms with Crippen LogP contribution in [-0.2, 0) is 9.47 Å².